The zero-order valence-electron chi connectivity index (χ0n) is 17.9. The Balaban J connectivity index is 1.58. The van der Waals surface area contributed by atoms with Gasteiger partial charge in [0.2, 0.25) is 11.8 Å². The van der Waals surface area contributed by atoms with Crippen LogP contribution in [0, 0.1) is 18.8 Å². The molecule has 2 aromatic rings. The summed E-state index contributed by atoms with van der Waals surface area (Å²) in [7, 11) is 0. The second-order valence-corrected chi connectivity index (χ2v) is 9.73. The third-order valence-electron chi connectivity index (χ3n) is 7.65. The normalized spacial score (nSPS) is 30.2. The number of aryl methyl sites for hydroxylation is 1. The van der Waals surface area contributed by atoms with Crippen molar-refractivity contribution in [3.8, 4) is 0 Å². The smallest absolute Gasteiger partial charge is 0.323 e. The molecule has 6 rings (SSSR count). The predicted molar refractivity (Wildman–Crippen MR) is 117 cm³/mol. The van der Waals surface area contributed by atoms with Gasteiger partial charge in [-0.3, -0.25) is 19.3 Å². The van der Waals surface area contributed by atoms with E-state index in [-0.39, 0.29) is 0 Å². The number of hydrogen-bond acceptors (Lipinski definition) is 4. The summed E-state index contributed by atoms with van der Waals surface area (Å²) in [5.41, 5.74) is -1.39. The van der Waals surface area contributed by atoms with Crippen LogP contribution in [0.3, 0.4) is 0 Å². The highest BCUT2D eigenvalue weighted by atomic mass is 35.5. The molecule has 176 valence electrons. The average Bonchev–Trinajstić information content (AvgIpc) is 3.46. The number of nitrogens with zero attached hydrogens (tertiary/aromatic N) is 2. The van der Waals surface area contributed by atoms with Crippen molar-refractivity contribution in [1.82, 2.24) is 4.90 Å². The fourth-order valence-electron chi connectivity index (χ4n) is 6.54. The minimum Gasteiger partial charge on any atom is -0.323 e. The largest absolute Gasteiger partial charge is 0.418 e. The van der Waals surface area contributed by atoms with E-state index in [2.05, 4.69) is 5.32 Å². The molecule has 3 saturated heterocycles. The minimum absolute atomic E-state index is 0.315. The molecule has 0 aromatic heterocycles. The van der Waals surface area contributed by atoms with E-state index < -0.39 is 58.6 Å². The monoisotopic (exact) mass is 489 g/mol. The first-order valence-corrected chi connectivity index (χ1v) is 11.4. The summed E-state index contributed by atoms with van der Waals surface area (Å²) < 4.78 is 41.3. The molecule has 1 spiro atoms. The number of benzene rings is 2. The lowest BCUT2D eigenvalue weighted by Crippen LogP contribution is -2.54. The molecular weight excluding hydrogens is 471 g/mol. The first-order valence-electron chi connectivity index (χ1n) is 11.0. The van der Waals surface area contributed by atoms with E-state index in [9.17, 15) is 27.6 Å². The summed E-state index contributed by atoms with van der Waals surface area (Å²) in [6.07, 6.45) is -3.48. The fraction of sp³-hybridized carbons (Fsp3) is 0.375. The average molecular weight is 490 g/mol. The summed E-state index contributed by atoms with van der Waals surface area (Å²) in [6.45, 7) is 2.31. The van der Waals surface area contributed by atoms with Crippen LogP contribution in [-0.4, -0.2) is 35.2 Å². The lowest BCUT2D eigenvalue weighted by Gasteiger charge is -2.37. The van der Waals surface area contributed by atoms with E-state index >= 15 is 0 Å². The molecule has 2 aromatic carbocycles. The van der Waals surface area contributed by atoms with E-state index in [0.29, 0.717) is 40.6 Å². The number of fused-ring (bicyclic) bond motifs is 7. The Morgan fingerprint density at radius 1 is 1.12 bits per heavy atom. The van der Waals surface area contributed by atoms with Crippen LogP contribution in [-0.2, 0) is 26.1 Å². The van der Waals surface area contributed by atoms with Crippen LogP contribution in [0.25, 0.3) is 0 Å². The number of amides is 3. The van der Waals surface area contributed by atoms with Gasteiger partial charge in [0.25, 0.3) is 5.91 Å². The van der Waals surface area contributed by atoms with Crippen molar-refractivity contribution in [1.29, 1.82) is 0 Å². The highest BCUT2D eigenvalue weighted by molar-refractivity contribution is 6.35. The van der Waals surface area contributed by atoms with Gasteiger partial charge >= 0.3 is 6.18 Å². The number of halogens is 4. The van der Waals surface area contributed by atoms with Gasteiger partial charge in [-0.2, -0.15) is 13.2 Å². The van der Waals surface area contributed by atoms with Crippen molar-refractivity contribution in [2.24, 2.45) is 11.8 Å². The number of hydrogen-bond donors (Lipinski definition) is 1. The van der Waals surface area contributed by atoms with Crippen LogP contribution >= 0.6 is 11.6 Å². The van der Waals surface area contributed by atoms with Gasteiger partial charge < -0.3 is 5.32 Å². The second kappa shape index (κ2) is 6.82. The maximum atomic E-state index is 13.9. The van der Waals surface area contributed by atoms with Crippen molar-refractivity contribution in [2.75, 3.05) is 16.8 Å². The molecule has 1 N–H and O–H groups in total. The quantitative estimate of drug-likeness (QED) is 0.612. The highest BCUT2D eigenvalue weighted by Crippen LogP contribution is 2.61. The summed E-state index contributed by atoms with van der Waals surface area (Å²) >= 11 is 6.43. The molecule has 6 nitrogen and oxygen atoms in total. The van der Waals surface area contributed by atoms with Gasteiger partial charge in [0.15, 0.2) is 0 Å². The van der Waals surface area contributed by atoms with Crippen LogP contribution in [0.4, 0.5) is 24.5 Å². The van der Waals surface area contributed by atoms with Gasteiger partial charge in [0, 0.05) is 11.6 Å². The molecule has 34 heavy (non-hydrogen) atoms. The van der Waals surface area contributed by atoms with E-state index in [0.717, 1.165) is 17.7 Å². The topological polar surface area (TPSA) is 69.7 Å². The summed E-state index contributed by atoms with van der Waals surface area (Å²) in [4.78, 5) is 43.8. The van der Waals surface area contributed by atoms with Crippen molar-refractivity contribution in [3.63, 3.8) is 0 Å². The van der Waals surface area contributed by atoms with Crippen molar-refractivity contribution >= 4 is 40.7 Å². The third kappa shape index (κ3) is 2.49. The Hall–Kier alpha value is -2.91. The molecular formula is C24H19ClF3N3O3. The molecule has 3 fully saturated rings. The number of imide groups is 1. The van der Waals surface area contributed by atoms with E-state index in [1.807, 2.05) is 11.8 Å². The Kier molecular flexibility index (Phi) is 4.34. The molecule has 0 aliphatic carbocycles. The predicted octanol–water partition coefficient (Wildman–Crippen LogP) is 4.10. The first-order chi connectivity index (χ1) is 16.1. The van der Waals surface area contributed by atoms with Crippen LogP contribution in [0.1, 0.15) is 29.5 Å². The van der Waals surface area contributed by atoms with Crippen molar-refractivity contribution in [3.05, 3.63) is 58.1 Å². The van der Waals surface area contributed by atoms with Crippen LogP contribution in [0.5, 0.6) is 0 Å². The Bertz CT molecular complexity index is 1300. The van der Waals surface area contributed by atoms with E-state index in [1.165, 1.54) is 12.1 Å². The first kappa shape index (κ1) is 21.6. The molecule has 4 atom stereocenters. The lowest BCUT2D eigenvalue weighted by molar-refractivity contribution is -0.138. The number of para-hydroxylation sites is 1. The van der Waals surface area contributed by atoms with Gasteiger partial charge in [0.1, 0.15) is 5.54 Å². The molecule has 4 heterocycles. The standard InChI is InChI=1S/C24H19ClF3N3O3/c1-11-9-13-19(14(25)10-11)29-22(34)23(13)18-17(16-7-4-8-30(16)23)20(32)31(21(18)33)15-6-3-2-5-12(15)24(26,27)28/h2-3,5-6,9-10,16-18H,4,7-8H2,1H3,(H,29,34)/t16-,17+,18-,23+/m1/s1. The molecule has 4 aliphatic heterocycles. The molecule has 0 saturated carbocycles. The van der Waals surface area contributed by atoms with Gasteiger partial charge in [-0.15, -0.1) is 0 Å². The summed E-state index contributed by atoms with van der Waals surface area (Å²) in [5.74, 6) is -4.03. The maximum absolute atomic E-state index is 13.9. The SMILES string of the molecule is Cc1cc(Cl)c2c(c1)[C@@]1(C(=O)N2)[C@H]2C(=O)N(c3ccccc3C(F)(F)F)C(=O)[C@H]2[C@H]2CCCN21. The van der Waals surface area contributed by atoms with Gasteiger partial charge in [0.05, 0.1) is 33.8 Å². The lowest BCUT2D eigenvalue weighted by atomic mass is 9.75. The fourth-order valence-corrected chi connectivity index (χ4v) is 6.86. The van der Waals surface area contributed by atoms with E-state index in [4.69, 9.17) is 11.6 Å². The zero-order valence-corrected chi connectivity index (χ0v) is 18.7. The minimum atomic E-state index is -4.76. The number of rotatable bonds is 1. The summed E-state index contributed by atoms with van der Waals surface area (Å²) in [6, 6.07) is 7.59. The van der Waals surface area contributed by atoms with Crippen LogP contribution in [0.15, 0.2) is 36.4 Å². The molecule has 10 heteroatoms. The summed E-state index contributed by atoms with van der Waals surface area (Å²) in [5, 5.41) is 3.12. The van der Waals surface area contributed by atoms with Gasteiger partial charge in [-0.1, -0.05) is 29.8 Å². The van der Waals surface area contributed by atoms with E-state index in [1.54, 1.807) is 12.1 Å². The van der Waals surface area contributed by atoms with Gasteiger partial charge in [-0.25, -0.2) is 4.90 Å². The highest BCUT2D eigenvalue weighted by Gasteiger charge is 2.75. The number of carbonyl (C=O) groups excluding carboxylic acids is 3. The number of anilines is 2. The molecule has 0 radical (unpaired) electrons. The number of carbonyl (C=O) groups is 3. The molecule has 3 amide bonds. The van der Waals surface area contributed by atoms with Crippen molar-refractivity contribution in [2.45, 2.75) is 37.5 Å². The maximum Gasteiger partial charge on any atom is 0.418 e. The Morgan fingerprint density at radius 3 is 2.59 bits per heavy atom. The molecule has 0 unspecified atom stereocenters. The molecule has 4 aliphatic rings. The van der Waals surface area contributed by atoms with Crippen LogP contribution in [0.2, 0.25) is 5.02 Å². The van der Waals surface area contributed by atoms with Crippen LogP contribution < -0.4 is 10.2 Å². The van der Waals surface area contributed by atoms with Gasteiger partial charge in [-0.05, 0) is 50.1 Å². The van der Waals surface area contributed by atoms with Crippen molar-refractivity contribution < 1.29 is 27.6 Å². The number of nitrogens with one attached hydrogen (secondary N) is 1. The molecule has 0 bridgehead atoms. The third-order valence-corrected chi connectivity index (χ3v) is 7.95. The zero-order chi connectivity index (χ0) is 24.2. The number of alkyl halides is 3. The Labute approximate surface area is 197 Å². The Morgan fingerprint density at radius 2 is 1.85 bits per heavy atom. The second-order valence-electron chi connectivity index (χ2n) is 9.32.